The van der Waals surface area contributed by atoms with Crippen molar-refractivity contribution >= 4 is 17.5 Å². The third-order valence-corrected chi connectivity index (χ3v) is 5.16. The number of anilines is 1. The monoisotopic (exact) mass is 313 g/mol. The Morgan fingerprint density at radius 1 is 1.00 bits per heavy atom. The van der Waals surface area contributed by atoms with Crippen LogP contribution < -0.4 is 4.90 Å². The van der Waals surface area contributed by atoms with Gasteiger partial charge in [0, 0.05) is 44.3 Å². The van der Waals surface area contributed by atoms with Gasteiger partial charge in [-0.15, -0.1) is 0 Å². The molecule has 5 heteroatoms. The minimum Gasteiger partial charge on any atom is -0.340 e. The maximum absolute atomic E-state index is 12.6. The lowest BCUT2D eigenvalue weighted by Crippen LogP contribution is -2.51. The molecule has 2 fully saturated rings. The summed E-state index contributed by atoms with van der Waals surface area (Å²) in [5.74, 6) is 0.797. The van der Waals surface area contributed by atoms with Gasteiger partial charge in [0.05, 0.1) is 6.54 Å². The van der Waals surface area contributed by atoms with Gasteiger partial charge in [0.15, 0.2) is 0 Å². The molecule has 3 aliphatic rings. The van der Waals surface area contributed by atoms with Crippen LogP contribution in [0.4, 0.5) is 5.69 Å². The van der Waals surface area contributed by atoms with Crippen molar-refractivity contribution in [1.29, 1.82) is 0 Å². The Labute approximate surface area is 136 Å². The second-order valence-electron chi connectivity index (χ2n) is 6.80. The summed E-state index contributed by atoms with van der Waals surface area (Å²) in [6.07, 6.45) is 3.07. The summed E-state index contributed by atoms with van der Waals surface area (Å²) < 4.78 is 0. The minimum absolute atomic E-state index is 0.178. The van der Waals surface area contributed by atoms with Crippen molar-refractivity contribution in [2.24, 2.45) is 5.92 Å². The number of carbonyl (C=O) groups is 2. The zero-order valence-electron chi connectivity index (χ0n) is 13.4. The third kappa shape index (κ3) is 2.98. The molecular weight excluding hydrogens is 290 g/mol. The van der Waals surface area contributed by atoms with Gasteiger partial charge in [-0.25, -0.2) is 0 Å². The number of fused-ring (bicyclic) bond motifs is 1. The van der Waals surface area contributed by atoms with Crippen LogP contribution in [-0.4, -0.2) is 60.9 Å². The molecule has 1 aliphatic carbocycles. The Morgan fingerprint density at radius 2 is 1.74 bits per heavy atom. The van der Waals surface area contributed by atoms with Crippen molar-refractivity contribution in [3.05, 3.63) is 29.8 Å². The molecule has 2 aliphatic heterocycles. The predicted molar refractivity (Wildman–Crippen MR) is 88.2 cm³/mol. The highest BCUT2D eigenvalue weighted by atomic mass is 16.2. The Bertz CT molecular complexity index is 618. The summed E-state index contributed by atoms with van der Waals surface area (Å²) in [6, 6.07) is 8.16. The van der Waals surface area contributed by atoms with Crippen LogP contribution in [0.3, 0.4) is 0 Å². The van der Waals surface area contributed by atoms with Crippen LogP contribution >= 0.6 is 0 Å². The maximum Gasteiger partial charge on any atom is 0.241 e. The molecule has 0 atom stereocenters. The van der Waals surface area contributed by atoms with Crippen molar-refractivity contribution < 1.29 is 9.59 Å². The highest BCUT2D eigenvalue weighted by molar-refractivity contribution is 5.96. The molecule has 23 heavy (non-hydrogen) atoms. The lowest BCUT2D eigenvalue weighted by atomic mass is 10.2. The van der Waals surface area contributed by atoms with Crippen molar-refractivity contribution in [1.82, 2.24) is 9.80 Å². The Morgan fingerprint density at radius 3 is 2.48 bits per heavy atom. The fraction of sp³-hybridized carbons (Fsp3) is 0.556. The number of hydrogen-bond donors (Lipinski definition) is 0. The standard InChI is InChI=1S/C18H23N3O2/c22-17(21-8-7-14-3-1-2-4-16(14)21)13-19-9-11-20(12-10-19)18(23)15-5-6-15/h1-4,15H,5-13H2. The molecule has 0 radical (unpaired) electrons. The van der Waals surface area contributed by atoms with Gasteiger partial charge in [-0.2, -0.15) is 0 Å². The molecule has 5 nitrogen and oxygen atoms in total. The first-order chi connectivity index (χ1) is 11.2. The van der Waals surface area contributed by atoms with E-state index >= 15 is 0 Å². The zero-order valence-corrected chi connectivity index (χ0v) is 13.4. The second-order valence-corrected chi connectivity index (χ2v) is 6.80. The average molecular weight is 313 g/mol. The van der Waals surface area contributed by atoms with E-state index in [0.29, 0.717) is 18.4 Å². The average Bonchev–Trinajstić information content (AvgIpc) is 3.34. The quantitative estimate of drug-likeness (QED) is 0.840. The van der Waals surface area contributed by atoms with Crippen molar-refractivity contribution in [2.45, 2.75) is 19.3 Å². The Balaban J connectivity index is 1.31. The molecule has 1 aromatic rings. The van der Waals surface area contributed by atoms with Crippen molar-refractivity contribution in [3.63, 3.8) is 0 Å². The molecule has 1 saturated carbocycles. The van der Waals surface area contributed by atoms with Gasteiger partial charge in [-0.3, -0.25) is 14.5 Å². The van der Waals surface area contributed by atoms with E-state index in [4.69, 9.17) is 0 Å². The number of nitrogens with zero attached hydrogens (tertiary/aromatic N) is 3. The molecule has 0 bridgehead atoms. The van der Waals surface area contributed by atoms with E-state index < -0.39 is 0 Å². The summed E-state index contributed by atoms with van der Waals surface area (Å²) in [5, 5.41) is 0. The van der Waals surface area contributed by atoms with Gasteiger partial charge in [0.25, 0.3) is 0 Å². The summed E-state index contributed by atoms with van der Waals surface area (Å²) in [7, 11) is 0. The molecule has 2 heterocycles. The number of benzene rings is 1. The Kier molecular flexibility index (Phi) is 3.81. The van der Waals surface area contributed by atoms with Crippen molar-refractivity contribution in [3.8, 4) is 0 Å². The van der Waals surface area contributed by atoms with E-state index in [1.54, 1.807) is 0 Å². The van der Waals surface area contributed by atoms with E-state index in [-0.39, 0.29) is 5.91 Å². The number of piperazine rings is 1. The first-order valence-corrected chi connectivity index (χ1v) is 8.62. The Hall–Kier alpha value is -1.88. The second kappa shape index (κ2) is 5.96. The first kappa shape index (κ1) is 14.7. The van der Waals surface area contributed by atoms with Crippen LogP contribution in [0.25, 0.3) is 0 Å². The SMILES string of the molecule is O=C(C1CC1)N1CCN(CC(=O)N2CCc3ccccc32)CC1. The highest BCUT2D eigenvalue weighted by Gasteiger charge is 2.35. The van der Waals surface area contributed by atoms with E-state index in [1.807, 2.05) is 28.0 Å². The van der Waals surface area contributed by atoms with E-state index in [0.717, 1.165) is 57.7 Å². The van der Waals surface area contributed by atoms with Crippen LogP contribution in [0.1, 0.15) is 18.4 Å². The van der Waals surface area contributed by atoms with Crippen LogP contribution in [0.15, 0.2) is 24.3 Å². The number of rotatable bonds is 3. The maximum atomic E-state index is 12.6. The molecule has 1 aromatic carbocycles. The van der Waals surface area contributed by atoms with Gasteiger partial charge in [-0.1, -0.05) is 18.2 Å². The van der Waals surface area contributed by atoms with Crippen LogP contribution in [0.5, 0.6) is 0 Å². The summed E-state index contributed by atoms with van der Waals surface area (Å²) in [6.45, 7) is 4.38. The molecule has 4 rings (SSSR count). The smallest absolute Gasteiger partial charge is 0.241 e. The van der Waals surface area contributed by atoms with Gasteiger partial charge in [0.1, 0.15) is 0 Å². The summed E-state index contributed by atoms with van der Waals surface area (Å²) in [4.78, 5) is 30.8. The van der Waals surface area contributed by atoms with Crippen LogP contribution in [0, 0.1) is 5.92 Å². The molecule has 2 amide bonds. The zero-order chi connectivity index (χ0) is 15.8. The van der Waals surface area contributed by atoms with Gasteiger partial charge in [-0.05, 0) is 30.9 Å². The number of para-hydroxylation sites is 1. The minimum atomic E-state index is 0.178. The van der Waals surface area contributed by atoms with E-state index in [1.165, 1.54) is 5.56 Å². The molecule has 0 unspecified atom stereocenters. The molecular formula is C18H23N3O2. The van der Waals surface area contributed by atoms with Crippen molar-refractivity contribution in [2.75, 3.05) is 44.2 Å². The van der Waals surface area contributed by atoms with Gasteiger partial charge < -0.3 is 9.80 Å². The molecule has 0 spiro atoms. The highest BCUT2D eigenvalue weighted by Crippen LogP contribution is 2.31. The molecule has 1 saturated heterocycles. The van der Waals surface area contributed by atoms with Crippen LogP contribution in [0.2, 0.25) is 0 Å². The topological polar surface area (TPSA) is 43.9 Å². The lowest BCUT2D eigenvalue weighted by Gasteiger charge is -2.35. The normalized spacial score (nSPS) is 21.4. The largest absolute Gasteiger partial charge is 0.340 e. The van der Waals surface area contributed by atoms with E-state index in [9.17, 15) is 9.59 Å². The van der Waals surface area contributed by atoms with Gasteiger partial charge in [0.2, 0.25) is 11.8 Å². The number of amides is 2. The fourth-order valence-corrected chi connectivity index (χ4v) is 3.59. The predicted octanol–water partition coefficient (Wildman–Crippen LogP) is 1.13. The summed E-state index contributed by atoms with van der Waals surface area (Å²) >= 11 is 0. The number of carbonyl (C=O) groups excluding carboxylic acids is 2. The molecule has 0 aromatic heterocycles. The van der Waals surface area contributed by atoms with Crippen LogP contribution in [-0.2, 0) is 16.0 Å². The molecule has 0 N–H and O–H groups in total. The third-order valence-electron chi connectivity index (χ3n) is 5.16. The molecule has 122 valence electrons. The number of hydrogen-bond acceptors (Lipinski definition) is 3. The fourth-order valence-electron chi connectivity index (χ4n) is 3.59. The summed E-state index contributed by atoms with van der Waals surface area (Å²) in [5.41, 5.74) is 2.33. The van der Waals surface area contributed by atoms with E-state index in [2.05, 4.69) is 11.0 Å². The van der Waals surface area contributed by atoms with Gasteiger partial charge >= 0.3 is 0 Å². The lowest BCUT2D eigenvalue weighted by molar-refractivity contribution is -0.134. The first-order valence-electron chi connectivity index (χ1n) is 8.62.